The highest BCUT2D eigenvalue weighted by Gasteiger charge is 2.03. The highest BCUT2D eigenvalue weighted by atomic mass is 16.4. The van der Waals surface area contributed by atoms with Crippen molar-refractivity contribution in [2.24, 2.45) is 5.16 Å². The molecule has 1 heterocycles. The van der Waals surface area contributed by atoms with Gasteiger partial charge in [0.2, 0.25) is 0 Å². The van der Waals surface area contributed by atoms with E-state index in [0.717, 1.165) is 16.5 Å². The van der Waals surface area contributed by atoms with Crippen LogP contribution in [0.2, 0.25) is 0 Å². The third-order valence-electron chi connectivity index (χ3n) is 2.19. The molecule has 0 unspecified atom stereocenters. The lowest BCUT2D eigenvalue weighted by Crippen LogP contribution is -1.95. The van der Waals surface area contributed by atoms with Crippen molar-refractivity contribution in [3.05, 3.63) is 42.1 Å². The molecule has 3 nitrogen and oxygen atoms in total. The van der Waals surface area contributed by atoms with E-state index >= 15 is 0 Å². The van der Waals surface area contributed by atoms with Crippen LogP contribution in [0.5, 0.6) is 0 Å². The Morgan fingerprint density at radius 1 is 1.29 bits per heavy atom. The van der Waals surface area contributed by atoms with E-state index < -0.39 is 0 Å². The molecule has 0 aliphatic heterocycles. The molecule has 0 fully saturated rings. The van der Waals surface area contributed by atoms with E-state index in [1.807, 2.05) is 30.3 Å². The normalized spacial score (nSPS) is 11.9. The lowest BCUT2D eigenvalue weighted by atomic mass is 10.1. The number of hydrogen-bond donors (Lipinski definition) is 1. The fraction of sp³-hybridized carbons (Fsp3) is 0.0909. The van der Waals surface area contributed by atoms with Gasteiger partial charge in [-0.3, -0.25) is 4.98 Å². The van der Waals surface area contributed by atoms with E-state index in [9.17, 15) is 0 Å². The zero-order valence-electron chi connectivity index (χ0n) is 7.81. The van der Waals surface area contributed by atoms with Crippen molar-refractivity contribution < 1.29 is 5.21 Å². The second kappa shape index (κ2) is 3.46. The first-order valence-electron chi connectivity index (χ1n) is 4.35. The summed E-state index contributed by atoms with van der Waals surface area (Å²) in [4.78, 5) is 4.22. The molecule has 0 aliphatic carbocycles. The second-order valence-electron chi connectivity index (χ2n) is 3.06. The third kappa shape index (κ3) is 1.33. The Morgan fingerprint density at radius 3 is 2.93 bits per heavy atom. The summed E-state index contributed by atoms with van der Waals surface area (Å²) in [6.45, 7) is 1.77. The van der Waals surface area contributed by atoms with Crippen LogP contribution in [-0.4, -0.2) is 15.9 Å². The predicted octanol–water partition coefficient (Wildman–Crippen LogP) is 2.43. The van der Waals surface area contributed by atoms with E-state index in [2.05, 4.69) is 10.1 Å². The van der Waals surface area contributed by atoms with Crippen LogP contribution < -0.4 is 0 Å². The fourth-order valence-electron chi connectivity index (χ4n) is 1.47. The first-order chi connectivity index (χ1) is 6.83. The Hall–Kier alpha value is -1.90. The van der Waals surface area contributed by atoms with Crippen molar-refractivity contribution in [3.63, 3.8) is 0 Å². The van der Waals surface area contributed by atoms with Gasteiger partial charge < -0.3 is 5.21 Å². The maximum Gasteiger partial charge on any atom is 0.0843 e. The van der Waals surface area contributed by atoms with Gasteiger partial charge in [-0.25, -0.2) is 0 Å². The summed E-state index contributed by atoms with van der Waals surface area (Å²) in [7, 11) is 0. The van der Waals surface area contributed by atoms with Crippen molar-refractivity contribution in [3.8, 4) is 0 Å². The standard InChI is InChI=1S/C11H10N2O/c1-8(13-14)9-4-2-6-11-10(9)5-3-7-12-11/h2-7,14H,1H3. The minimum Gasteiger partial charge on any atom is -0.411 e. The number of hydrogen-bond acceptors (Lipinski definition) is 3. The Kier molecular flexibility index (Phi) is 2.14. The van der Waals surface area contributed by atoms with Crippen LogP contribution >= 0.6 is 0 Å². The highest BCUT2D eigenvalue weighted by molar-refractivity contribution is 6.08. The summed E-state index contributed by atoms with van der Waals surface area (Å²) in [5, 5.41) is 12.9. The molecule has 0 radical (unpaired) electrons. The summed E-state index contributed by atoms with van der Waals surface area (Å²) in [5.41, 5.74) is 2.43. The molecule has 1 N–H and O–H groups in total. The lowest BCUT2D eigenvalue weighted by molar-refractivity contribution is 0.319. The van der Waals surface area contributed by atoms with Gasteiger partial charge in [-0.1, -0.05) is 23.4 Å². The maximum absolute atomic E-state index is 8.72. The van der Waals surface area contributed by atoms with E-state index in [-0.39, 0.29) is 0 Å². The molecule has 2 aromatic rings. The second-order valence-corrected chi connectivity index (χ2v) is 3.06. The minimum absolute atomic E-state index is 0.601. The lowest BCUT2D eigenvalue weighted by Gasteiger charge is -2.03. The first kappa shape index (κ1) is 8.69. The molecule has 0 bridgehead atoms. The van der Waals surface area contributed by atoms with Crippen LogP contribution in [0.1, 0.15) is 12.5 Å². The molecule has 0 saturated carbocycles. The van der Waals surface area contributed by atoms with Gasteiger partial charge in [0.25, 0.3) is 0 Å². The van der Waals surface area contributed by atoms with Gasteiger partial charge in [0.15, 0.2) is 0 Å². The Morgan fingerprint density at radius 2 is 2.14 bits per heavy atom. The van der Waals surface area contributed by atoms with Crippen LogP contribution in [0.15, 0.2) is 41.7 Å². The molecule has 0 atom stereocenters. The smallest absolute Gasteiger partial charge is 0.0843 e. The predicted molar refractivity (Wildman–Crippen MR) is 55.7 cm³/mol. The fourth-order valence-corrected chi connectivity index (χ4v) is 1.47. The van der Waals surface area contributed by atoms with E-state index in [1.165, 1.54) is 0 Å². The molecule has 2 rings (SSSR count). The van der Waals surface area contributed by atoms with Crippen molar-refractivity contribution in [2.75, 3.05) is 0 Å². The number of benzene rings is 1. The average Bonchev–Trinajstić information content (AvgIpc) is 2.27. The number of aromatic nitrogens is 1. The van der Waals surface area contributed by atoms with E-state index in [4.69, 9.17) is 5.21 Å². The molecule has 14 heavy (non-hydrogen) atoms. The Balaban J connectivity index is 2.77. The molecule has 70 valence electrons. The molecule has 0 spiro atoms. The molecule has 0 amide bonds. The van der Waals surface area contributed by atoms with Crippen molar-refractivity contribution in [1.82, 2.24) is 4.98 Å². The van der Waals surface area contributed by atoms with Crippen LogP contribution in [0.4, 0.5) is 0 Å². The summed E-state index contributed by atoms with van der Waals surface area (Å²) >= 11 is 0. The molecule has 0 aliphatic rings. The summed E-state index contributed by atoms with van der Waals surface area (Å²) < 4.78 is 0. The van der Waals surface area contributed by atoms with Gasteiger partial charge in [0.1, 0.15) is 0 Å². The molecule has 1 aromatic carbocycles. The molecule has 0 saturated heterocycles. The van der Waals surface area contributed by atoms with Crippen molar-refractivity contribution in [2.45, 2.75) is 6.92 Å². The molecular weight excluding hydrogens is 176 g/mol. The summed E-state index contributed by atoms with van der Waals surface area (Å²) in [6.07, 6.45) is 1.75. The maximum atomic E-state index is 8.72. The summed E-state index contributed by atoms with van der Waals surface area (Å²) in [6, 6.07) is 9.59. The monoisotopic (exact) mass is 186 g/mol. The van der Waals surface area contributed by atoms with Gasteiger partial charge in [-0.15, -0.1) is 0 Å². The SMILES string of the molecule is CC(=NO)c1cccc2ncccc12. The van der Waals surface area contributed by atoms with E-state index in [1.54, 1.807) is 13.1 Å². The highest BCUT2D eigenvalue weighted by Crippen LogP contribution is 2.16. The molecular formula is C11H10N2O. The van der Waals surface area contributed by atoms with Crippen LogP contribution in [0.25, 0.3) is 10.9 Å². The van der Waals surface area contributed by atoms with Crippen LogP contribution in [0.3, 0.4) is 0 Å². The van der Waals surface area contributed by atoms with Crippen LogP contribution in [-0.2, 0) is 0 Å². The quantitative estimate of drug-likeness (QED) is 0.422. The number of oxime groups is 1. The van der Waals surface area contributed by atoms with Gasteiger partial charge in [-0.05, 0) is 19.1 Å². The van der Waals surface area contributed by atoms with Gasteiger partial charge in [-0.2, -0.15) is 0 Å². The zero-order chi connectivity index (χ0) is 9.97. The Bertz CT molecular complexity index is 486. The number of rotatable bonds is 1. The number of nitrogens with zero attached hydrogens (tertiary/aromatic N) is 2. The zero-order valence-corrected chi connectivity index (χ0v) is 7.81. The van der Waals surface area contributed by atoms with Crippen molar-refractivity contribution >= 4 is 16.6 Å². The van der Waals surface area contributed by atoms with Gasteiger partial charge >= 0.3 is 0 Å². The molecule has 3 heteroatoms. The minimum atomic E-state index is 0.601. The third-order valence-corrected chi connectivity index (χ3v) is 2.19. The molecule has 1 aromatic heterocycles. The van der Waals surface area contributed by atoms with Gasteiger partial charge in [0, 0.05) is 17.1 Å². The number of pyridine rings is 1. The van der Waals surface area contributed by atoms with E-state index in [0.29, 0.717) is 5.71 Å². The average molecular weight is 186 g/mol. The topological polar surface area (TPSA) is 45.5 Å². The number of fused-ring (bicyclic) bond motifs is 1. The summed E-state index contributed by atoms with van der Waals surface area (Å²) in [5.74, 6) is 0. The van der Waals surface area contributed by atoms with Gasteiger partial charge in [0.05, 0.1) is 11.2 Å². The van der Waals surface area contributed by atoms with Crippen molar-refractivity contribution in [1.29, 1.82) is 0 Å². The Labute approximate surface area is 81.7 Å². The van der Waals surface area contributed by atoms with Crippen LogP contribution in [0, 0.1) is 0 Å². The largest absolute Gasteiger partial charge is 0.411 e. The first-order valence-corrected chi connectivity index (χ1v) is 4.35.